The van der Waals surface area contributed by atoms with Crippen LogP contribution in [0.2, 0.25) is 0 Å². The van der Waals surface area contributed by atoms with Gasteiger partial charge in [0, 0.05) is 22.0 Å². The van der Waals surface area contributed by atoms with Crippen LogP contribution in [0, 0.1) is 11.3 Å². The lowest BCUT2D eigenvalue weighted by Crippen LogP contribution is -2.06. The highest BCUT2D eigenvalue weighted by Gasteiger charge is 2.24. The standard InChI is InChI=1S/C23H21BrN4O3/c1-14(2)30-21-9-6-15(12-16(21)13-25)23-26-22(28-31-23)19-5-3-4-18-17(19)7-8-20(18)27-29-11-10-24/h3-6,9,12,14H,7-8,10-11H2,1-2H3. The van der Waals surface area contributed by atoms with E-state index in [-0.39, 0.29) is 6.10 Å². The molecule has 0 aliphatic heterocycles. The zero-order valence-electron chi connectivity index (χ0n) is 17.3. The summed E-state index contributed by atoms with van der Waals surface area (Å²) < 4.78 is 11.2. The zero-order valence-corrected chi connectivity index (χ0v) is 18.8. The largest absolute Gasteiger partial charge is 0.490 e. The Hall–Kier alpha value is -3.18. The molecule has 0 spiro atoms. The maximum Gasteiger partial charge on any atom is 0.258 e. The van der Waals surface area contributed by atoms with E-state index in [2.05, 4.69) is 37.3 Å². The second-order valence-electron chi connectivity index (χ2n) is 7.30. The Morgan fingerprint density at radius 1 is 1.23 bits per heavy atom. The Labute approximate surface area is 188 Å². The van der Waals surface area contributed by atoms with Crippen LogP contribution in [0.3, 0.4) is 0 Å². The maximum atomic E-state index is 9.47. The van der Waals surface area contributed by atoms with E-state index < -0.39 is 0 Å². The number of fused-ring (bicyclic) bond motifs is 1. The number of aromatic nitrogens is 2. The van der Waals surface area contributed by atoms with E-state index >= 15 is 0 Å². The lowest BCUT2D eigenvalue weighted by molar-refractivity contribution is 0.162. The number of oxime groups is 1. The van der Waals surface area contributed by atoms with Crippen molar-refractivity contribution in [1.82, 2.24) is 10.1 Å². The lowest BCUT2D eigenvalue weighted by atomic mass is 10.0. The Balaban J connectivity index is 1.64. The molecule has 0 unspecified atom stereocenters. The fourth-order valence-electron chi connectivity index (χ4n) is 3.52. The first kappa shape index (κ1) is 21.1. The van der Waals surface area contributed by atoms with Crippen molar-refractivity contribution in [3.05, 3.63) is 53.1 Å². The van der Waals surface area contributed by atoms with Gasteiger partial charge in [0.05, 0.1) is 17.4 Å². The van der Waals surface area contributed by atoms with Gasteiger partial charge in [-0.25, -0.2) is 0 Å². The highest BCUT2D eigenvalue weighted by Crippen LogP contribution is 2.33. The van der Waals surface area contributed by atoms with Gasteiger partial charge in [-0.05, 0) is 50.5 Å². The zero-order chi connectivity index (χ0) is 21.8. The molecule has 0 atom stereocenters. The molecule has 1 aliphatic rings. The molecule has 31 heavy (non-hydrogen) atoms. The Kier molecular flexibility index (Phi) is 6.33. The summed E-state index contributed by atoms with van der Waals surface area (Å²) in [5, 5.41) is 18.7. The van der Waals surface area contributed by atoms with Crippen LogP contribution in [-0.4, -0.2) is 33.9 Å². The predicted molar refractivity (Wildman–Crippen MR) is 120 cm³/mol. The molecule has 1 heterocycles. The van der Waals surface area contributed by atoms with Gasteiger partial charge in [-0.2, -0.15) is 10.2 Å². The number of benzene rings is 2. The second kappa shape index (κ2) is 9.31. The highest BCUT2D eigenvalue weighted by molar-refractivity contribution is 9.09. The smallest absolute Gasteiger partial charge is 0.258 e. The van der Waals surface area contributed by atoms with Gasteiger partial charge in [-0.3, -0.25) is 0 Å². The van der Waals surface area contributed by atoms with Crippen molar-refractivity contribution in [1.29, 1.82) is 5.26 Å². The second-order valence-corrected chi connectivity index (χ2v) is 8.10. The minimum atomic E-state index is -0.0218. The fraction of sp³-hybridized carbons (Fsp3) is 0.304. The molecule has 0 N–H and O–H groups in total. The normalized spacial score (nSPS) is 14.0. The van der Waals surface area contributed by atoms with E-state index in [4.69, 9.17) is 14.1 Å². The number of alkyl halides is 1. The first-order chi connectivity index (χ1) is 15.1. The number of hydrogen-bond donors (Lipinski definition) is 0. The molecule has 0 saturated carbocycles. The van der Waals surface area contributed by atoms with Crippen molar-refractivity contribution in [2.24, 2.45) is 5.16 Å². The van der Waals surface area contributed by atoms with Gasteiger partial charge in [0.2, 0.25) is 5.82 Å². The van der Waals surface area contributed by atoms with Crippen LogP contribution in [0.25, 0.3) is 22.8 Å². The number of hydrogen-bond acceptors (Lipinski definition) is 7. The van der Waals surface area contributed by atoms with Crippen LogP contribution < -0.4 is 4.74 Å². The molecular weight excluding hydrogens is 460 g/mol. The van der Waals surface area contributed by atoms with Crippen molar-refractivity contribution >= 4 is 21.6 Å². The van der Waals surface area contributed by atoms with Crippen molar-refractivity contribution in [2.45, 2.75) is 32.8 Å². The van der Waals surface area contributed by atoms with E-state index in [1.165, 1.54) is 0 Å². The molecule has 3 aromatic rings. The summed E-state index contributed by atoms with van der Waals surface area (Å²) in [7, 11) is 0. The molecule has 0 bridgehead atoms. The number of halogens is 1. The highest BCUT2D eigenvalue weighted by atomic mass is 79.9. The summed E-state index contributed by atoms with van der Waals surface area (Å²) in [5.74, 6) is 1.40. The maximum absolute atomic E-state index is 9.47. The summed E-state index contributed by atoms with van der Waals surface area (Å²) in [4.78, 5) is 9.93. The first-order valence-corrected chi connectivity index (χ1v) is 11.1. The molecule has 158 valence electrons. The van der Waals surface area contributed by atoms with Crippen molar-refractivity contribution in [3.63, 3.8) is 0 Å². The van der Waals surface area contributed by atoms with E-state index in [1.807, 2.05) is 38.1 Å². The van der Waals surface area contributed by atoms with Crippen LogP contribution in [0.5, 0.6) is 5.75 Å². The Morgan fingerprint density at radius 3 is 2.84 bits per heavy atom. The Morgan fingerprint density at radius 2 is 2.06 bits per heavy atom. The van der Waals surface area contributed by atoms with Crippen molar-refractivity contribution in [3.8, 4) is 34.7 Å². The van der Waals surface area contributed by atoms with Crippen molar-refractivity contribution < 1.29 is 14.1 Å². The first-order valence-electron chi connectivity index (χ1n) is 10.0. The average Bonchev–Trinajstić information content (AvgIpc) is 3.41. The Bertz CT molecular complexity index is 1160. The molecule has 0 saturated heterocycles. The molecule has 7 nitrogen and oxygen atoms in total. The molecular formula is C23H21BrN4O3. The molecule has 8 heteroatoms. The van der Waals surface area contributed by atoms with Gasteiger partial charge >= 0.3 is 0 Å². The van der Waals surface area contributed by atoms with Gasteiger partial charge in [-0.15, -0.1) is 0 Å². The van der Waals surface area contributed by atoms with Crippen LogP contribution in [-0.2, 0) is 11.3 Å². The third-order valence-electron chi connectivity index (χ3n) is 4.82. The molecule has 0 amide bonds. The summed E-state index contributed by atoms with van der Waals surface area (Å²) >= 11 is 3.33. The van der Waals surface area contributed by atoms with E-state index in [9.17, 15) is 5.26 Å². The molecule has 2 aromatic carbocycles. The third kappa shape index (κ3) is 4.47. The van der Waals surface area contributed by atoms with Crippen molar-refractivity contribution in [2.75, 3.05) is 11.9 Å². The van der Waals surface area contributed by atoms with E-state index in [1.54, 1.807) is 12.1 Å². The average molecular weight is 481 g/mol. The van der Waals surface area contributed by atoms with E-state index in [0.29, 0.717) is 35.2 Å². The number of nitrogens with zero attached hydrogens (tertiary/aromatic N) is 4. The predicted octanol–water partition coefficient (Wildman–Crippen LogP) is 5.12. The van der Waals surface area contributed by atoms with Gasteiger partial charge < -0.3 is 14.1 Å². The monoisotopic (exact) mass is 480 g/mol. The van der Waals surface area contributed by atoms with E-state index in [0.717, 1.165) is 40.6 Å². The number of nitriles is 1. The molecule has 1 aromatic heterocycles. The van der Waals surface area contributed by atoms with Gasteiger partial charge in [0.25, 0.3) is 5.89 Å². The summed E-state index contributed by atoms with van der Waals surface area (Å²) in [5.41, 5.74) is 5.13. The minimum Gasteiger partial charge on any atom is -0.490 e. The molecule has 4 rings (SSSR count). The van der Waals surface area contributed by atoms with Gasteiger partial charge in [0.1, 0.15) is 18.4 Å². The molecule has 0 fully saturated rings. The number of ether oxygens (including phenoxy) is 1. The SMILES string of the molecule is CC(C)Oc1ccc(-c2nc(-c3cccc4c3CCC4=NOCCBr)no2)cc1C#N. The topological polar surface area (TPSA) is 93.5 Å². The van der Waals surface area contributed by atoms with Gasteiger partial charge in [0.15, 0.2) is 0 Å². The van der Waals surface area contributed by atoms with Crippen LogP contribution in [0.15, 0.2) is 46.1 Å². The van der Waals surface area contributed by atoms with Crippen LogP contribution >= 0.6 is 15.9 Å². The van der Waals surface area contributed by atoms with Crippen LogP contribution in [0.1, 0.15) is 37.0 Å². The molecule has 0 radical (unpaired) electrons. The minimum absolute atomic E-state index is 0.0218. The van der Waals surface area contributed by atoms with Crippen LogP contribution in [0.4, 0.5) is 0 Å². The fourth-order valence-corrected chi connectivity index (χ4v) is 3.67. The summed E-state index contributed by atoms with van der Waals surface area (Å²) in [6, 6.07) is 13.4. The quantitative estimate of drug-likeness (QED) is 0.264. The summed E-state index contributed by atoms with van der Waals surface area (Å²) in [6.07, 6.45) is 1.62. The third-order valence-corrected chi connectivity index (χ3v) is 5.14. The summed E-state index contributed by atoms with van der Waals surface area (Å²) in [6.45, 7) is 4.36. The lowest BCUT2D eigenvalue weighted by Gasteiger charge is -2.11. The number of rotatable bonds is 7. The van der Waals surface area contributed by atoms with Gasteiger partial charge in [-0.1, -0.05) is 44.4 Å². The molecule has 1 aliphatic carbocycles.